The van der Waals surface area contributed by atoms with Crippen LogP contribution in [0.5, 0.6) is 0 Å². The van der Waals surface area contributed by atoms with Crippen LogP contribution in [0.25, 0.3) is 0 Å². The third-order valence-electron chi connectivity index (χ3n) is 3.26. The van der Waals surface area contributed by atoms with Crippen LogP contribution in [0.1, 0.15) is 45.6 Å². The van der Waals surface area contributed by atoms with Crippen LogP contribution in [-0.2, 0) is 6.42 Å². The van der Waals surface area contributed by atoms with E-state index >= 15 is 0 Å². The van der Waals surface area contributed by atoms with Crippen LogP contribution < -0.4 is 5.32 Å². The molecule has 0 saturated heterocycles. The Bertz CT molecular complexity index is 379. The average Bonchev–Trinajstić information content (AvgIpc) is 2.35. The maximum Gasteiger partial charge on any atom is 0.127 e. The van der Waals surface area contributed by atoms with Gasteiger partial charge in [-0.05, 0) is 55.8 Å². The predicted octanol–water partition coefficient (Wildman–Crippen LogP) is 4.83. The highest BCUT2D eigenvalue weighted by molar-refractivity contribution is 6.30. The Morgan fingerprint density at radius 2 is 2.00 bits per heavy atom. The first-order valence-electron chi connectivity index (χ1n) is 7.20. The summed E-state index contributed by atoms with van der Waals surface area (Å²) >= 11 is 5.78. The Kier molecular flexibility index (Phi) is 7.40. The van der Waals surface area contributed by atoms with E-state index in [2.05, 4.69) is 26.1 Å². The minimum absolute atomic E-state index is 0.194. The van der Waals surface area contributed by atoms with Gasteiger partial charge in [-0.3, -0.25) is 0 Å². The molecule has 1 rings (SSSR count). The minimum Gasteiger partial charge on any atom is -0.314 e. The molecule has 3 heteroatoms. The summed E-state index contributed by atoms with van der Waals surface area (Å²) in [5.41, 5.74) is 0.752. The first-order valence-corrected chi connectivity index (χ1v) is 7.58. The number of hydrogen-bond acceptors (Lipinski definition) is 1. The summed E-state index contributed by atoms with van der Waals surface area (Å²) in [6.45, 7) is 7.58. The Morgan fingerprint density at radius 1 is 1.26 bits per heavy atom. The normalized spacial score (nSPS) is 12.9. The van der Waals surface area contributed by atoms with Crippen molar-refractivity contribution in [2.45, 2.75) is 52.5 Å². The number of nitrogens with one attached hydrogen (secondary N) is 1. The van der Waals surface area contributed by atoms with Gasteiger partial charge in [0.1, 0.15) is 5.82 Å². The van der Waals surface area contributed by atoms with Gasteiger partial charge in [0.25, 0.3) is 0 Å². The molecule has 0 bridgehead atoms. The van der Waals surface area contributed by atoms with E-state index in [1.165, 1.54) is 6.07 Å². The summed E-state index contributed by atoms with van der Waals surface area (Å²) in [6.07, 6.45) is 4.08. The fourth-order valence-corrected chi connectivity index (χ4v) is 2.27. The first-order chi connectivity index (χ1) is 9.02. The fraction of sp³-hybridized carbons (Fsp3) is 0.625. The highest BCUT2D eigenvalue weighted by Crippen LogP contribution is 2.18. The summed E-state index contributed by atoms with van der Waals surface area (Å²) in [4.78, 5) is 0. The lowest BCUT2D eigenvalue weighted by Gasteiger charge is -2.20. The molecular weight excluding hydrogens is 261 g/mol. The van der Waals surface area contributed by atoms with Gasteiger partial charge < -0.3 is 5.32 Å². The lowest BCUT2D eigenvalue weighted by Crippen LogP contribution is -2.32. The molecule has 0 aliphatic heterocycles. The van der Waals surface area contributed by atoms with Gasteiger partial charge in [-0.15, -0.1) is 0 Å². The van der Waals surface area contributed by atoms with Crippen LogP contribution in [0, 0.1) is 11.7 Å². The molecule has 1 aromatic rings. The SMILES string of the molecule is CCCNC(CCC(C)C)Cc1ccc(Cl)cc1F. The maximum absolute atomic E-state index is 13.8. The maximum atomic E-state index is 13.8. The highest BCUT2D eigenvalue weighted by Gasteiger charge is 2.12. The van der Waals surface area contributed by atoms with E-state index in [1.54, 1.807) is 12.1 Å². The quantitative estimate of drug-likeness (QED) is 0.722. The van der Waals surface area contributed by atoms with Crippen molar-refractivity contribution in [1.29, 1.82) is 0 Å². The first kappa shape index (κ1) is 16.5. The summed E-state index contributed by atoms with van der Waals surface area (Å²) in [7, 11) is 0. The van der Waals surface area contributed by atoms with E-state index < -0.39 is 0 Å². The summed E-state index contributed by atoms with van der Waals surface area (Å²) in [5.74, 6) is 0.487. The Labute approximate surface area is 121 Å². The number of halogens is 2. The van der Waals surface area contributed by atoms with E-state index in [0.29, 0.717) is 17.0 Å². The number of benzene rings is 1. The second-order valence-electron chi connectivity index (χ2n) is 5.56. The van der Waals surface area contributed by atoms with Gasteiger partial charge in [0.05, 0.1) is 0 Å². The standard InChI is InChI=1S/C16H25ClFN/c1-4-9-19-15(8-5-12(2)3)10-13-6-7-14(17)11-16(13)18/h6-7,11-12,15,19H,4-5,8-10H2,1-3H3. The van der Waals surface area contributed by atoms with Crippen molar-refractivity contribution in [3.05, 3.63) is 34.6 Å². The average molecular weight is 286 g/mol. The van der Waals surface area contributed by atoms with Gasteiger partial charge in [0, 0.05) is 11.1 Å². The Balaban J connectivity index is 2.63. The molecule has 0 radical (unpaired) electrons. The molecule has 1 N–H and O–H groups in total. The molecule has 0 aromatic heterocycles. The molecule has 108 valence electrons. The summed E-state index contributed by atoms with van der Waals surface area (Å²) in [6, 6.07) is 5.31. The van der Waals surface area contributed by atoms with Crippen LogP contribution in [0.4, 0.5) is 4.39 Å². The van der Waals surface area contributed by atoms with Crippen molar-refractivity contribution in [2.24, 2.45) is 5.92 Å². The molecule has 1 nitrogen and oxygen atoms in total. The van der Waals surface area contributed by atoms with Crippen molar-refractivity contribution in [2.75, 3.05) is 6.54 Å². The predicted molar refractivity (Wildman–Crippen MR) is 81.3 cm³/mol. The molecule has 0 heterocycles. The van der Waals surface area contributed by atoms with Crippen molar-refractivity contribution in [3.8, 4) is 0 Å². The highest BCUT2D eigenvalue weighted by atomic mass is 35.5. The molecule has 1 unspecified atom stereocenters. The van der Waals surface area contributed by atoms with Gasteiger partial charge in [-0.25, -0.2) is 4.39 Å². The van der Waals surface area contributed by atoms with E-state index in [4.69, 9.17) is 11.6 Å². The van der Waals surface area contributed by atoms with Crippen molar-refractivity contribution >= 4 is 11.6 Å². The van der Waals surface area contributed by atoms with E-state index in [0.717, 1.165) is 37.8 Å². The topological polar surface area (TPSA) is 12.0 Å². The minimum atomic E-state index is -0.194. The van der Waals surface area contributed by atoms with E-state index in [9.17, 15) is 4.39 Å². The Hall–Kier alpha value is -0.600. The number of rotatable bonds is 8. The van der Waals surface area contributed by atoms with Crippen LogP contribution in [0.15, 0.2) is 18.2 Å². The van der Waals surface area contributed by atoms with Crippen LogP contribution in [0.2, 0.25) is 5.02 Å². The monoisotopic (exact) mass is 285 g/mol. The summed E-state index contributed by atoms with van der Waals surface area (Å²) in [5, 5.41) is 3.98. The van der Waals surface area contributed by atoms with Crippen LogP contribution >= 0.6 is 11.6 Å². The van der Waals surface area contributed by atoms with E-state index in [-0.39, 0.29) is 5.82 Å². The molecule has 0 aliphatic carbocycles. The fourth-order valence-electron chi connectivity index (χ4n) is 2.11. The molecule has 0 saturated carbocycles. The van der Waals surface area contributed by atoms with Crippen LogP contribution in [0.3, 0.4) is 0 Å². The zero-order chi connectivity index (χ0) is 14.3. The molecule has 0 fully saturated rings. The van der Waals surface area contributed by atoms with Crippen LogP contribution in [-0.4, -0.2) is 12.6 Å². The third kappa shape index (κ3) is 6.40. The van der Waals surface area contributed by atoms with Gasteiger partial charge in [0.15, 0.2) is 0 Å². The lowest BCUT2D eigenvalue weighted by atomic mass is 9.97. The van der Waals surface area contributed by atoms with Gasteiger partial charge in [-0.2, -0.15) is 0 Å². The van der Waals surface area contributed by atoms with Crippen molar-refractivity contribution < 1.29 is 4.39 Å². The zero-order valence-corrected chi connectivity index (χ0v) is 12.9. The zero-order valence-electron chi connectivity index (χ0n) is 12.2. The molecule has 19 heavy (non-hydrogen) atoms. The van der Waals surface area contributed by atoms with Gasteiger partial charge >= 0.3 is 0 Å². The number of hydrogen-bond donors (Lipinski definition) is 1. The molecular formula is C16H25ClFN. The lowest BCUT2D eigenvalue weighted by molar-refractivity contribution is 0.422. The second kappa shape index (κ2) is 8.55. The van der Waals surface area contributed by atoms with E-state index in [1.807, 2.05) is 0 Å². The Morgan fingerprint density at radius 3 is 2.58 bits per heavy atom. The molecule has 0 spiro atoms. The largest absolute Gasteiger partial charge is 0.314 e. The van der Waals surface area contributed by atoms with Crippen molar-refractivity contribution in [1.82, 2.24) is 5.32 Å². The molecule has 1 atom stereocenters. The van der Waals surface area contributed by atoms with Crippen molar-refractivity contribution in [3.63, 3.8) is 0 Å². The second-order valence-corrected chi connectivity index (χ2v) is 6.00. The molecule has 0 aliphatic rings. The van der Waals surface area contributed by atoms with Gasteiger partial charge in [-0.1, -0.05) is 38.4 Å². The molecule has 0 amide bonds. The smallest absolute Gasteiger partial charge is 0.127 e. The third-order valence-corrected chi connectivity index (χ3v) is 3.49. The molecule has 1 aromatic carbocycles. The summed E-state index contributed by atoms with van der Waals surface area (Å²) < 4.78 is 13.8. The van der Waals surface area contributed by atoms with Gasteiger partial charge in [0.2, 0.25) is 0 Å².